The van der Waals surface area contributed by atoms with Gasteiger partial charge in [0.15, 0.2) is 0 Å². The molecule has 0 aliphatic rings. The maximum absolute atomic E-state index is 3.79. The molecule has 0 N–H and O–H groups in total. The van der Waals surface area contributed by atoms with Gasteiger partial charge in [-0.3, -0.25) is 0 Å². The smallest absolute Gasteiger partial charge is 0.0351 e. The summed E-state index contributed by atoms with van der Waals surface area (Å²) in [5, 5.41) is 0. The molecule has 0 nitrogen and oxygen atoms in total. The van der Waals surface area contributed by atoms with E-state index in [2.05, 4.69) is 31.7 Å². The van der Waals surface area contributed by atoms with Gasteiger partial charge in [-0.1, -0.05) is 160 Å². The van der Waals surface area contributed by atoms with Gasteiger partial charge in [-0.2, -0.15) is 0 Å². The lowest BCUT2D eigenvalue weighted by Gasteiger charge is -2.03. The second-order valence-electron chi connectivity index (χ2n) is 10.3. The molecule has 0 aromatic carbocycles. The van der Waals surface area contributed by atoms with E-state index in [9.17, 15) is 0 Å². The molecule has 0 unspecified atom stereocenters. The Bertz CT molecular complexity index is 353. The molecule has 0 rings (SSSR count). The van der Waals surface area contributed by atoms with Gasteiger partial charge < -0.3 is 0 Å². The number of hydrogen-bond acceptors (Lipinski definition) is 0. The van der Waals surface area contributed by atoms with Crippen LogP contribution in [-0.4, -0.2) is 0 Å². The van der Waals surface area contributed by atoms with Crippen molar-refractivity contribution in [2.45, 2.75) is 180 Å². The summed E-state index contributed by atoms with van der Waals surface area (Å²) in [6, 6.07) is 0. The van der Waals surface area contributed by atoms with Crippen molar-refractivity contribution >= 4 is 0 Å². The highest BCUT2D eigenvalue weighted by atomic mass is 14.0. The molecule has 0 atom stereocenters. The average Bonchev–Trinajstić information content (AvgIpc) is 2.81. The molecule has 0 fully saturated rings. The lowest BCUT2D eigenvalue weighted by atomic mass is 10.0. The van der Waals surface area contributed by atoms with Gasteiger partial charge in [0, 0.05) is 0 Å². The van der Waals surface area contributed by atoms with Gasteiger partial charge in [0.25, 0.3) is 0 Å². The molecule has 32 heavy (non-hydrogen) atoms. The van der Waals surface area contributed by atoms with E-state index in [4.69, 9.17) is 0 Å². The Hall–Kier alpha value is -0.520. The summed E-state index contributed by atoms with van der Waals surface area (Å²) in [4.78, 5) is 0. The molecule has 0 aliphatic carbocycles. The van der Waals surface area contributed by atoms with Crippen LogP contribution in [0.25, 0.3) is 0 Å². The van der Waals surface area contributed by atoms with Gasteiger partial charge >= 0.3 is 0 Å². The third-order valence-corrected chi connectivity index (χ3v) is 6.92. The maximum atomic E-state index is 3.79. The van der Waals surface area contributed by atoms with E-state index in [-0.39, 0.29) is 0 Å². The highest BCUT2D eigenvalue weighted by Gasteiger charge is 1.95. The average molecular weight is 447 g/mol. The minimum atomic E-state index is 1.21. The molecule has 0 bridgehead atoms. The largest absolute Gasteiger partial charge is 0.103 e. The summed E-state index contributed by atoms with van der Waals surface area (Å²) >= 11 is 0. The van der Waals surface area contributed by atoms with Crippen LogP contribution in [0.1, 0.15) is 180 Å². The van der Waals surface area contributed by atoms with E-state index in [1.807, 2.05) is 0 Å². The first-order chi connectivity index (χ1) is 15.9. The Kier molecular flexibility index (Phi) is 30.0. The second-order valence-corrected chi connectivity index (χ2v) is 10.3. The first kappa shape index (κ1) is 31.5. The lowest BCUT2D eigenvalue weighted by Crippen LogP contribution is -1.84. The zero-order chi connectivity index (χ0) is 23.2. The number of unbranched alkanes of at least 4 members (excludes halogenated alkanes) is 25. The molecular weight excluding hydrogens is 384 g/mol. The number of hydrogen-bond donors (Lipinski definition) is 0. The van der Waals surface area contributed by atoms with Crippen LogP contribution >= 0.6 is 0 Å². The second kappa shape index (κ2) is 30.5. The van der Waals surface area contributed by atoms with Crippen molar-refractivity contribution in [2.75, 3.05) is 0 Å². The van der Waals surface area contributed by atoms with Crippen LogP contribution in [0.3, 0.4) is 0 Å². The van der Waals surface area contributed by atoms with E-state index in [1.165, 1.54) is 173 Å². The SMILES string of the molecule is C=CCCCCCCCCCCCCCCCCCCC=CCCCCCCCCCC. The monoisotopic (exact) mass is 446 g/mol. The Morgan fingerprint density at radius 1 is 0.344 bits per heavy atom. The highest BCUT2D eigenvalue weighted by Crippen LogP contribution is 2.15. The van der Waals surface area contributed by atoms with Crippen LogP contribution in [0.5, 0.6) is 0 Å². The zero-order valence-electron chi connectivity index (χ0n) is 22.5. The molecule has 0 amide bonds. The molecular formula is C32H62. The third-order valence-electron chi connectivity index (χ3n) is 6.92. The predicted octanol–water partition coefficient (Wildman–Crippen LogP) is 12.3. The van der Waals surface area contributed by atoms with E-state index in [0.717, 1.165) is 0 Å². The van der Waals surface area contributed by atoms with Gasteiger partial charge in [-0.05, 0) is 38.5 Å². The summed E-state index contributed by atoms with van der Waals surface area (Å²) in [5.74, 6) is 0. The van der Waals surface area contributed by atoms with E-state index in [0.29, 0.717) is 0 Å². The zero-order valence-corrected chi connectivity index (χ0v) is 22.5. The van der Waals surface area contributed by atoms with E-state index < -0.39 is 0 Å². The van der Waals surface area contributed by atoms with Gasteiger partial charge in [-0.25, -0.2) is 0 Å². The fourth-order valence-corrected chi connectivity index (χ4v) is 4.66. The molecule has 0 saturated carbocycles. The van der Waals surface area contributed by atoms with Gasteiger partial charge in [0.2, 0.25) is 0 Å². The highest BCUT2D eigenvalue weighted by molar-refractivity contribution is 4.81. The summed E-state index contributed by atoms with van der Waals surface area (Å²) in [6.07, 6.45) is 45.4. The fraction of sp³-hybridized carbons (Fsp3) is 0.875. The van der Waals surface area contributed by atoms with Gasteiger partial charge in [0.1, 0.15) is 0 Å². The quantitative estimate of drug-likeness (QED) is 0.0827. The van der Waals surface area contributed by atoms with Crippen molar-refractivity contribution in [1.82, 2.24) is 0 Å². The van der Waals surface area contributed by atoms with E-state index in [1.54, 1.807) is 0 Å². The summed E-state index contributed by atoms with van der Waals surface area (Å²) in [6.45, 7) is 6.09. The Labute approximate surface area is 205 Å². The molecule has 0 heterocycles. The Morgan fingerprint density at radius 2 is 0.594 bits per heavy atom. The van der Waals surface area contributed by atoms with Crippen molar-refractivity contribution in [1.29, 1.82) is 0 Å². The summed E-state index contributed by atoms with van der Waals surface area (Å²) in [5.41, 5.74) is 0. The van der Waals surface area contributed by atoms with Crippen molar-refractivity contribution in [2.24, 2.45) is 0 Å². The fourth-order valence-electron chi connectivity index (χ4n) is 4.66. The minimum absolute atomic E-state index is 1.21. The lowest BCUT2D eigenvalue weighted by molar-refractivity contribution is 0.528. The minimum Gasteiger partial charge on any atom is -0.103 e. The van der Waals surface area contributed by atoms with Gasteiger partial charge in [0.05, 0.1) is 0 Å². The normalized spacial score (nSPS) is 11.5. The van der Waals surface area contributed by atoms with Crippen molar-refractivity contribution in [3.63, 3.8) is 0 Å². The summed E-state index contributed by atoms with van der Waals surface area (Å²) < 4.78 is 0. The predicted molar refractivity (Wildman–Crippen MR) is 150 cm³/mol. The first-order valence-corrected chi connectivity index (χ1v) is 15.2. The topological polar surface area (TPSA) is 0 Å². The summed E-state index contributed by atoms with van der Waals surface area (Å²) in [7, 11) is 0. The Balaban J connectivity index is 3.06. The van der Waals surface area contributed by atoms with Crippen LogP contribution in [0, 0.1) is 0 Å². The third kappa shape index (κ3) is 29.5. The van der Waals surface area contributed by atoms with Crippen LogP contribution < -0.4 is 0 Å². The molecule has 0 aliphatic heterocycles. The molecule has 0 aromatic rings. The molecule has 0 saturated heterocycles. The molecule has 0 heteroatoms. The molecule has 0 spiro atoms. The van der Waals surface area contributed by atoms with Crippen LogP contribution in [-0.2, 0) is 0 Å². The molecule has 190 valence electrons. The van der Waals surface area contributed by atoms with E-state index >= 15 is 0 Å². The van der Waals surface area contributed by atoms with Crippen LogP contribution in [0.2, 0.25) is 0 Å². The first-order valence-electron chi connectivity index (χ1n) is 15.2. The number of allylic oxidation sites excluding steroid dienone is 3. The van der Waals surface area contributed by atoms with Crippen molar-refractivity contribution < 1.29 is 0 Å². The maximum Gasteiger partial charge on any atom is -0.0351 e. The molecule has 0 aromatic heterocycles. The number of rotatable bonds is 28. The van der Waals surface area contributed by atoms with Crippen LogP contribution in [0.15, 0.2) is 24.8 Å². The van der Waals surface area contributed by atoms with Crippen molar-refractivity contribution in [3.05, 3.63) is 24.8 Å². The van der Waals surface area contributed by atoms with Gasteiger partial charge in [-0.15, -0.1) is 6.58 Å². The van der Waals surface area contributed by atoms with Crippen molar-refractivity contribution in [3.8, 4) is 0 Å². The Morgan fingerprint density at radius 3 is 0.875 bits per heavy atom. The van der Waals surface area contributed by atoms with Crippen LogP contribution in [0.4, 0.5) is 0 Å². The standard InChI is InChI=1S/C32H62/c1-3-5-7-9-11-13-15-17-19-21-23-25-27-29-31-32-30-28-26-24-22-20-18-16-14-12-10-8-6-4-2/h3,22,24H,1,4-21,23,25-32H2,2H3. The molecule has 0 radical (unpaired) electrons.